The molecule has 2 aliphatic rings. The molecule has 2 amide bonds. The molecule has 1 aromatic heterocycles. The summed E-state index contributed by atoms with van der Waals surface area (Å²) in [4.78, 5) is 60.2. The number of amides is 2. The van der Waals surface area contributed by atoms with Crippen LogP contribution in [0.2, 0.25) is 0 Å². The lowest BCUT2D eigenvalue weighted by molar-refractivity contribution is -0.171. The Balaban J connectivity index is 1.58. The van der Waals surface area contributed by atoms with Crippen LogP contribution in [0.25, 0.3) is 0 Å². The molecule has 0 bridgehead atoms. The van der Waals surface area contributed by atoms with Gasteiger partial charge < -0.3 is 25.4 Å². The molecule has 4 atom stereocenters. The lowest BCUT2D eigenvalue weighted by Crippen LogP contribution is -2.70. The number of carbonyl (C=O) groups excluding carboxylic acids is 4. The quantitative estimate of drug-likeness (QED) is 0.149. The van der Waals surface area contributed by atoms with Gasteiger partial charge in [0.1, 0.15) is 29.9 Å². The number of hydrogen-bond donors (Lipinski definition) is 2. The van der Waals surface area contributed by atoms with Gasteiger partial charge in [-0.2, -0.15) is 0 Å². The fraction of sp³-hybridized carbons (Fsp3) is 0.524. The fourth-order valence-electron chi connectivity index (χ4n) is 3.36. The zero-order valence-electron chi connectivity index (χ0n) is 19.7. The van der Waals surface area contributed by atoms with E-state index < -0.39 is 42.0 Å². The molecule has 1 saturated heterocycles. The summed E-state index contributed by atoms with van der Waals surface area (Å²) in [6, 6.07) is -0.892. The van der Waals surface area contributed by atoms with Crippen molar-refractivity contribution in [1.82, 2.24) is 15.2 Å². The maximum Gasteiger partial charge on any atom is 0.357 e. The molecule has 0 aromatic carbocycles. The smallest absolute Gasteiger partial charge is 0.357 e. The molecule has 0 radical (unpaired) electrons. The minimum atomic E-state index is -0.892. The number of esters is 2. The van der Waals surface area contributed by atoms with Crippen molar-refractivity contribution >= 4 is 57.7 Å². The van der Waals surface area contributed by atoms with E-state index in [4.69, 9.17) is 20.0 Å². The summed E-state index contributed by atoms with van der Waals surface area (Å²) < 4.78 is 10.1. The summed E-state index contributed by atoms with van der Waals surface area (Å²) in [5.74, 6) is -2.20. The number of aromatic nitrogens is 1. The first-order valence-corrected chi connectivity index (χ1v) is 12.7. The molecule has 12 nitrogen and oxygen atoms in total. The van der Waals surface area contributed by atoms with E-state index in [1.165, 1.54) is 23.8 Å². The molecule has 3 rings (SSSR count). The molecule has 1 aromatic rings. The number of nitrogen functional groups attached to an aromatic ring is 1. The number of nitrogens with one attached hydrogen (secondary N) is 1. The van der Waals surface area contributed by atoms with Gasteiger partial charge in [-0.05, 0) is 12.0 Å². The first-order chi connectivity index (χ1) is 16.7. The zero-order chi connectivity index (χ0) is 25.7. The van der Waals surface area contributed by atoms with E-state index in [0.29, 0.717) is 5.75 Å². The van der Waals surface area contributed by atoms with Crippen LogP contribution in [-0.2, 0) is 33.5 Å². The van der Waals surface area contributed by atoms with Crippen LogP contribution in [0.4, 0.5) is 5.13 Å². The molecule has 14 heteroatoms. The van der Waals surface area contributed by atoms with Gasteiger partial charge in [0.25, 0.3) is 11.8 Å². The minimum Gasteiger partial charge on any atom is -0.428 e. The Kier molecular flexibility index (Phi) is 8.72. The highest BCUT2D eigenvalue weighted by Crippen LogP contribution is 2.37. The number of anilines is 1. The summed E-state index contributed by atoms with van der Waals surface area (Å²) in [5.41, 5.74) is 5.75. The Hall–Kier alpha value is -3.13. The van der Waals surface area contributed by atoms with Gasteiger partial charge in [-0.15, -0.1) is 23.1 Å². The van der Waals surface area contributed by atoms with Crippen LogP contribution < -0.4 is 11.1 Å². The van der Waals surface area contributed by atoms with Crippen molar-refractivity contribution in [2.75, 3.05) is 25.4 Å². The number of thiazole rings is 1. The summed E-state index contributed by atoms with van der Waals surface area (Å²) in [6.45, 7) is 5.11. The van der Waals surface area contributed by atoms with Gasteiger partial charge in [-0.25, -0.2) is 9.78 Å². The topological polar surface area (TPSA) is 163 Å². The monoisotopic (exact) mass is 525 g/mol. The molecule has 0 aliphatic carbocycles. The number of rotatable bonds is 10. The summed E-state index contributed by atoms with van der Waals surface area (Å²) >= 11 is 2.50. The second kappa shape index (κ2) is 11.5. The Labute approximate surface area is 210 Å². The molecule has 3 unspecified atom stereocenters. The second-order valence-corrected chi connectivity index (χ2v) is 9.89. The standard InChI is InChI=1S/C21H27N5O7S2/c1-5-10(2)11(3)19(29)32-9-33-20(30)13-6-7-34-18-15(17(28)26(13)18)24-16(27)14(25-31-4)12-8-35-21(22)23-12/h6,8,10-11,15,18H,5,7,9H2,1-4H3,(H2,22,23)(H,24,27)/b25-14-/t10?,11?,15?,18-/m1/s1. The van der Waals surface area contributed by atoms with Crippen LogP contribution >= 0.6 is 23.1 Å². The number of hydrogen-bond acceptors (Lipinski definition) is 12. The van der Waals surface area contributed by atoms with Crippen molar-refractivity contribution in [3.05, 3.63) is 22.8 Å². The van der Waals surface area contributed by atoms with E-state index in [-0.39, 0.29) is 34.1 Å². The highest BCUT2D eigenvalue weighted by Gasteiger charge is 2.53. The van der Waals surface area contributed by atoms with Crippen molar-refractivity contribution in [3.63, 3.8) is 0 Å². The lowest BCUT2D eigenvalue weighted by atomic mass is 9.94. The van der Waals surface area contributed by atoms with Crippen LogP contribution in [-0.4, -0.2) is 70.4 Å². The lowest BCUT2D eigenvalue weighted by Gasteiger charge is -2.48. The molecule has 190 valence electrons. The van der Waals surface area contributed by atoms with Crippen LogP contribution in [0.1, 0.15) is 32.9 Å². The van der Waals surface area contributed by atoms with E-state index in [0.717, 1.165) is 17.8 Å². The maximum atomic E-state index is 12.8. The van der Waals surface area contributed by atoms with Gasteiger partial charge in [0.05, 0.1) is 5.92 Å². The number of carbonyl (C=O) groups is 4. The summed E-state index contributed by atoms with van der Waals surface area (Å²) in [7, 11) is 1.28. The highest BCUT2D eigenvalue weighted by molar-refractivity contribution is 8.00. The van der Waals surface area contributed by atoms with Gasteiger partial charge in [-0.3, -0.25) is 19.3 Å². The van der Waals surface area contributed by atoms with Gasteiger partial charge in [-0.1, -0.05) is 32.3 Å². The molecular formula is C21H27N5O7S2. The first-order valence-electron chi connectivity index (χ1n) is 10.8. The molecule has 1 fully saturated rings. The Morgan fingerprint density at radius 2 is 2.09 bits per heavy atom. The van der Waals surface area contributed by atoms with Crippen LogP contribution in [0, 0.1) is 11.8 Å². The molecular weight excluding hydrogens is 498 g/mol. The minimum absolute atomic E-state index is 0.0355. The van der Waals surface area contributed by atoms with E-state index in [1.807, 2.05) is 13.8 Å². The second-order valence-electron chi connectivity index (χ2n) is 7.85. The largest absolute Gasteiger partial charge is 0.428 e. The van der Waals surface area contributed by atoms with Gasteiger partial charge >= 0.3 is 11.9 Å². The average molecular weight is 526 g/mol. The number of nitrogens with two attached hydrogens (primary N) is 1. The average Bonchev–Trinajstić information content (AvgIpc) is 3.29. The van der Waals surface area contributed by atoms with Crippen molar-refractivity contribution in [2.24, 2.45) is 17.0 Å². The number of nitrogens with zero attached hydrogens (tertiary/aromatic N) is 3. The van der Waals surface area contributed by atoms with E-state index >= 15 is 0 Å². The summed E-state index contributed by atoms with van der Waals surface area (Å²) in [6.07, 6.45) is 2.37. The molecule has 3 N–H and O–H groups in total. The zero-order valence-corrected chi connectivity index (χ0v) is 21.3. The molecule has 0 spiro atoms. The third-order valence-electron chi connectivity index (χ3n) is 5.76. The maximum absolute atomic E-state index is 12.8. The number of thioether (sulfide) groups is 1. The Morgan fingerprint density at radius 1 is 1.34 bits per heavy atom. The Morgan fingerprint density at radius 3 is 2.71 bits per heavy atom. The van der Waals surface area contributed by atoms with Crippen LogP contribution in [0.15, 0.2) is 22.3 Å². The number of oxime groups is 1. The molecule has 0 saturated carbocycles. The molecule has 3 heterocycles. The molecule has 35 heavy (non-hydrogen) atoms. The number of fused-ring (bicyclic) bond motifs is 1. The van der Waals surface area contributed by atoms with Gasteiger partial charge in [0.2, 0.25) is 6.79 Å². The third kappa shape index (κ3) is 5.75. The van der Waals surface area contributed by atoms with E-state index in [2.05, 4.69) is 15.5 Å². The summed E-state index contributed by atoms with van der Waals surface area (Å²) in [5, 5.41) is 7.60. The third-order valence-corrected chi connectivity index (χ3v) is 7.62. The van der Waals surface area contributed by atoms with Gasteiger partial charge in [0.15, 0.2) is 10.8 Å². The van der Waals surface area contributed by atoms with Crippen molar-refractivity contribution in [3.8, 4) is 0 Å². The number of ether oxygens (including phenoxy) is 2. The normalized spacial score (nSPS) is 21.1. The van der Waals surface area contributed by atoms with Crippen molar-refractivity contribution < 1.29 is 33.5 Å². The van der Waals surface area contributed by atoms with E-state index in [9.17, 15) is 19.2 Å². The van der Waals surface area contributed by atoms with E-state index in [1.54, 1.807) is 18.4 Å². The molecule has 2 aliphatic heterocycles. The first kappa shape index (κ1) is 26.5. The van der Waals surface area contributed by atoms with Crippen LogP contribution in [0.5, 0.6) is 0 Å². The highest BCUT2D eigenvalue weighted by atomic mass is 32.2. The predicted molar refractivity (Wildman–Crippen MR) is 129 cm³/mol. The Bertz CT molecular complexity index is 1060. The SMILES string of the molecule is CCC(C)C(C)C(=O)OCOC(=O)C1=CCS[C@@H]2C(NC(=O)/C(=N\OC)c3csc(N)n3)C(=O)N12. The predicted octanol–water partition coefficient (Wildman–Crippen LogP) is 1.09. The van der Waals surface area contributed by atoms with Crippen molar-refractivity contribution in [1.29, 1.82) is 0 Å². The van der Waals surface area contributed by atoms with Gasteiger partial charge in [0, 0.05) is 11.1 Å². The van der Waals surface area contributed by atoms with Crippen molar-refractivity contribution in [2.45, 2.75) is 38.6 Å². The number of β-lactam (4-membered cyclic amide) rings is 1. The fourth-order valence-corrected chi connectivity index (χ4v) is 5.11. The van der Waals surface area contributed by atoms with Crippen LogP contribution in [0.3, 0.4) is 0 Å².